The van der Waals surface area contributed by atoms with Crippen molar-refractivity contribution in [3.63, 3.8) is 0 Å². The highest BCUT2D eigenvalue weighted by molar-refractivity contribution is 5.49. The summed E-state index contributed by atoms with van der Waals surface area (Å²) in [6.45, 7) is 10.0. The Kier molecular flexibility index (Phi) is 4.46. The first-order valence-electron chi connectivity index (χ1n) is 7.49. The number of nitrogens with zero attached hydrogens (tertiary/aromatic N) is 2. The Bertz CT molecular complexity index is 430. The van der Waals surface area contributed by atoms with Gasteiger partial charge in [0.05, 0.1) is 0 Å². The first kappa shape index (κ1) is 14.3. The molecule has 3 atom stereocenters. The van der Waals surface area contributed by atoms with E-state index < -0.39 is 0 Å². The van der Waals surface area contributed by atoms with Crippen LogP contribution in [0.3, 0.4) is 0 Å². The summed E-state index contributed by atoms with van der Waals surface area (Å²) < 4.78 is 0. The van der Waals surface area contributed by atoms with E-state index in [-0.39, 0.29) is 6.04 Å². The highest BCUT2D eigenvalue weighted by Gasteiger charge is 2.27. The van der Waals surface area contributed by atoms with Crippen LogP contribution in [0.2, 0.25) is 0 Å². The lowest BCUT2D eigenvalue weighted by molar-refractivity contribution is 0.625. The lowest BCUT2D eigenvalue weighted by Gasteiger charge is -2.25. The summed E-state index contributed by atoms with van der Waals surface area (Å²) in [4.78, 5) is 7.15. The summed E-state index contributed by atoms with van der Waals surface area (Å²) >= 11 is 0. The van der Waals surface area contributed by atoms with Crippen LogP contribution in [-0.2, 0) is 6.42 Å². The van der Waals surface area contributed by atoms with Crippen molar-refractivity contribution < 1.29 is 0 Å². The van der Waals surface area contributed by atoms with Gasteiger partial charge in [0.15, 0.2) is 0 Å². The first-order valence-corrected chi connectivity index (χ1v) is 7.49. The molecule has 3 unspecified atom stereocenters. The molecule has 2 rings (SSSR count). The Balaban J connectivity index is 2.15. The number of hydrogen-bond acceptors (Lipinski definition) is 3. The molecular weight excluding hydrogens is 234 g/mol. The fourth-order valence-corrected chi connectivity index (χ4v) is 3.08. The molecule has 0 amide bonds. The molecule has 3 nitrogen and oxygen atoms in total. The number of aryl methyl sites for hydroxylation is 1. The second-order valence-corrected chi connectivity index (χ2v) is 6.20. The maximum atomic E-state index is 6.02. The van der Waals surface area contributed by atoms with E-state index in [9.17, 15) is 0 Å². The topological polar surface area (TPSA) is 42.1 Å². The van der Waals surface area contributed by atoms with Crippen molar-refractivity contribution in [3.8, 4) is 0 Å². The number of rotatable bonds is 4. The lowest BCUT2D eigenvalue weighted by atomic mass is 10.0. The quantitative estimate of drug-likeness (QED) is 0.906. The maximum absolute atomic E-state index is 6.02. The molecule has 3 heteroatoms. The molecular formula is C16H27N3. The summed E-state index contributed by atoms with van der Waals surface area (Å²) in [7, 11) is 0. The van der Waals surface area contributed by atoms with Gasteiger partial charge >= 0.3 is 0 Å². The number of nitrogens with two attached hydrogens (primary N) is 1. The van der Waals surface area contributed by atoms with E-state index in [4.69, 9.17) is 10.7 Å². The summed E-state index contributed by atoms with van der Waals surface area (Å²) in [6.07, 6.45) is 5.22. The highest BCUT2D eigenvalue weighted by atomic mass is 15.2. The van der Waals surface area contributed by atoms with Crippen molar-refractivity contribution in [1.82, 2.24) is 4.98 Å². The lowest BCUT2D eigenvalue weighted by Crippen LogP contribution is -2.28. The molecule has 19 heavy (non-hydrogen) atoms. The third-order valence-electron chi connectivity index (χ3n) is 4.19. The van der Waals surface area contributed by atoms with Crippen molar-refractivity contribution in [2.24, 2.45) is 11.7 Å². The van der Waals surface area contributed by atoms with Crippen molar-refractivity contribution in [1.29, 1.82) is 0 Å². The summed E-state index contributed by atoms with van der Waals surface area (Å²) in [6, 6.07) is 3.11. The van der Waals surface area contributed by atoms with Gasteiger partial charge in [-0.05, 0) is 50.2 Å². The predicted molar refractivity (Wildman–Crippen MR) is 81.5 cm³/mol. The largest absolute Gasteiger partial charge is 0.353 e. The molecule has 1 aromatic rings. The smallest absolute Gasteiger partial charge is 0.131 e. The first-order chi connectivity index (χ1) is 9.01. The predicted octanol–water partition coefficient (Wildman–Crippen LogP) is 2.90. The minimum Gasteiger partial charge on any atom is -0.353 e. The Morgan fingerprint density at radius 3 is 2.74 bits per heavy atom. The summed E-state index contributed by atoms with van der Waals surface area (Å²) in [5, 5.41) is 0. The van der Waals surface area contributed by atoms with Crippen LogP contribution in [0.1, 0.15) is 44.7 Å². The van der Waals surface area contributed by atoms with E-state index in [1.165, 1.54) is 17.5 Å². The molecule has 106 valence electrons. The molecule has 1 fully saturated rings. The summed E-state index contributed by atoms with van der Waals surface area (Å²) in [5.74, 6) is 1.93. The number of hydrogen-bond donors (Lipinski definition) is 1. The van der Waals surface area contributed by atoms with E-state index in [1.54, 1.807) is 0 Å². The van der Waals surface area contributed by atoms with Gasteiger partial charge in [-0.15, -0.1) is 0 Å². The molecule has 0 spiro atoms. The zero-order valence-corrected chi connectivity index (χ0v) is 12.7. The standard InChI is InChI=1S/C16H27N3/c1-5-15(17)8-14-7-12(3)16(18-9-14)19-10-11(2)6-13(19)4/h7,9,11,13,15H,5-6,8,10,17H2,1-4H3. The Labute approximate surface area is 117 Å². The van der Waals surface area contributed by atoms with Gasteiger partial charge in [-0.2, -0.15) is 0 Å². The molecule has 1 saturated heterocycles. The zero-order valence-electron chi connectivity index (χ0n) is 12.7. The number of anilines is 1. The minimum absolute atomic E-state index is 0.248. The van der Waals surface area contributed by atoms with E-state index in [0.717, 1.165) is 31.1 Å². The molecule has 0 aliphatic carbocycles. The van der Waals surface area contributed by atoms with Gasteiger partial charge < -0.3 is 10.6 Å². The molecule has 0 saturated carbocycles. The average Bonchev–Trinajstić information content (AvgIpc) is 2.68. The van der Waals surface area contributed by atoms with Gasteiger partial charge in [-0.1, -0.05) is 19.9 Å². The van der Waals surface area contributed by atoms with Crippen LogP contribution in [0.15, 0.2) is 12.3 Å². The molecule has 1 aromatic heterocycles. The van der Waals surface area contributed by atoms with Gasteiger partial charge in [-0.3, -0.25) is 0 Å². The molecule has 0 aromatic carbocycles. The third-order valence-corrected chi connectivity index (χ3v) is 4.19. The van der Waals surface area contributed by atoms with Crippen LogP contribution in [0, 0.1) is 12.8 Å². The molecule has 1 aliphatic rings. The SMILES string of the molecule is CCC(N)Cc1cnc(N2CC(C)CC2C)c(C)c1. The van der Waals surface area contributed by atoms with Crippen LogP contribution in [0.5, 0.6) is 0 Å². The minimum atomic E-state index is 0.248. The van der Waals surface area contributed by atoms with E-state index >= 15 is 0 Å². The van der Waals surface area contributed by atoms with Crippen LogP contribution in [0.25, 0.3) is 0 Å². The second-order valence-electron chi connectivity index (χ2n) is 6.20. The molecule has 1 aliphatic heterocycles. The number of pyridine rings is 1. The van der Waals surface area contributed by atoms with Crippen LogP contribution in [-0.4, -0.2) is 23.6 Å². The van der Waals surface area contributed by atoms with Crippen molar-refractivity contribution >= 4 is 5.82 Å². The number of aromatic nitrogens is 1. The van der Waals surface area contributed by atoms with Crippen LogP contribution >= 0.6 is 0 Å². The fraction of sp³-hybridized carbons (Fsp3) is 0.688. The van der Waals surface area contributed by atoms with Gasteiger partial charge in [0.25, 0.3) is 0 Å². The van der Waals surface area contributed by atoms with Crippen molar-refractivity contribution in [3.05, 3.63) is 23.4 Å². The average molecular weight is 261 g/mol. The van der Waals surface area contributed by atoms with Gasteiger partial charge in [0, 0.05) is 24.8 Å². The van der Waals surface area contributed by atoms with E-state index in [0.29, 0.717) is 6.04 Å². The monoisotopic (exact) mass is 261 g/mol. The molecule has 0 bridgehead atoms. The van der Waals surface area contributed by atoms with Crippen LogP contribution < -0.4 is 10.6 Å². The third kappa shape index (κ3) is 3.27. The normalized spacial score (nSPS) is 24.8. The zero-order chi connectivity index (χ0) is 14.0. The van der Waals surface area contributed by atoms with Crippen molar-refractivity contribution in [2.75, 3.05) is 11.4 Å². The van der Waals surface area contributed by atoms with Gasteiger partial charge in [-0.25, -0.2) is 4.98 Å². The summed E-state index contributed by atoms with van der Waals surface area (Å²) in [5.41, 5.74) is 8.56. The van der Waals surface area contributed by atoms with Crippen LogP contribution in [0.4, 0.5) is 5.82 Å². The second kappa shape index (κ2) is 5.91. The molecule has 2 heterocycles. The highest BCUT2D eigenvalue weighted by Crippen LogP contribution is 2.29. The Morgan fingerprint density at radius 2 is 2.21 bits per heavy atom. The molecule has 0 radical (unpaired) electrons. The molecule has 2 N–H and O–H groups in total. The maximum Gasteiger partial charge on any atom is 0.131 e. The Hall–Kier alpha value is -1.09. The van der Waals surface area contributed by atoms with Gasteiger partial charge in [0.2, 0.25) is 0 Å². The van der Waals surface area contributed by atoms with E-state index in [1.807, 2.05) is 6.20 Å². The van der Waals surface area contributed by atoms with E-state index in [2.05, 4.69) is 38.7 Å². The van der Waals surface area contributed by atoms with Crippen molar-refractivity contribution in [2.45, 2.75) is 59.0 Å². The van der Waals surface area contributed by atoms with Gasteiger partial charge in [0.1, 0.15) is 5.82 Å². The fourth-order valence-electron chi connectivity index (χ4n) is 3.08. The Morgan fingerprint density at radius 1 is 1.47 bits per heavy atom.